The maximum absolute atomic E-state index is 2.55. The van der Waals surface area contributed by atoms with E-state index in [0.29, 0.717) is 0 Å². The van der Waals surface area contributed by atoms with E-state index in [-0.39, 0.29) is 11.8 Å². The zero-order chi connectivity index (χ0) is 45.4. The average molecular weight is 876 g/mol. The molecule has 0 aromatic heterocycles. The first kappa shape index (κ1) is 39.4. The average Bonchev–Trinajstić information content (AvgIpc) is 3.44. The highest BCUT2D eigenvalue weighted by Crippen LogP contribution is 2.61. The molecule has 1 nitrogen and oxygen atoms in total. The Morgan fingerprint density at radius 2 is 0.681 bits per heavy atom. The molecule has 12 aromatic rings. The molecule has 1 heteroatoms. The number of anilines is 3. The van der Waals surface area contributed by atoms with Gasteiger partial charge in [-0.1, -0.05) is 224 Å². The van der Waals surface area contributed by atoms with Gasteiger partial charge in [0, 0.05) is 23.1 Å². The number of fused-ring (bicyclic) bond motifs is 6. The van der Waals surface area contributed by atoms with Crippen molar-refractivity contribution in [2.75, 3.05) is 4.90 Å². The second kappa shape index (κ2) is 15.9. The highest BCUT2D eigenvalue weighted by molar-refractivity contribution is 6.25. The van der Waals surface area contributed by atoms with E-state index in [1.54, 1.807) is 0 Å². The molecule has 3 aliphatic carbocycles. The summed E-state index contributed by atoms with van der Waals surface area (Å²) in [6, 6.07) is 97.1. The van der Waals surface area contributed by atoms with E-state index in [2.05, 4.69) is 266 Å². The van der Waals surface area contributed by atoms with E-state index >= 15 is 0 Å². The number of para-hydroxylation sites is 1. The van der Waals surface area contributed by atoms with Crippen LogP contribution in [0.4, 0.5) is 17.1 Å². The molecule has 0 unspecified atom stereocenters. The predicted molar refractivity (Wildman–Crippen MR) is 290 cm³/mol. The summed E-state index contributed by atoms with van der Waals surface area (Å²) in [5.74, 6) is 0.0945. The van der Waals surface area contributed by atoms with Crippen molar-refractivity contribution in [1.82, 2.24) is 0 Å². The Balaban J connectivity index is 1.01. The first-order valence-electron chi connectivity index (χ1n) is 24.2. The van der Waals surface area contributed by atoms with E-state index in [9.17, 15) is 0 Å². The fourth-order valence-corrected chi connectivity index (χ4v) is 12.0. The van der Waals surface area contributed by atoms with Crippen LogP contribution in [-0.2, 0) is 0 Å². The van der Waals surface area contributed by atoms with Gasteiger partial charge >= 0.3 is 0 Å². The molecule has 0 amide bonds. The van der Waals surface area contributed by atoms with Crippen LogP contribution >= 0.6 is 0 Å². The molecule has 322 valence electrons. The number of benzene rings is 12. The normalized spacial score (nSPS) is 14.4. The van der Waals surface area contributed by atoms with Gasteiger partial charge in [0.1, 0.15) is 0 Å². The predicted octanol–water partition coefficient (Wildman–Crippen LogP) is 18.3. The van der Waals surface area contributed by atoms with E-state index < -0.39 is 0 Å². The molecule has 12 aromatic carbocycles. The topological polar surface area (TPSA) is 3.24 Å². The van der Waals surface area contributed by atoms with Crippen molar-refractivity contribution in [3.05, 3.63) is 294 Å². The molecule has 0 fully saturated rings. The second-order valence-corrected chi connectivity index (χ2v) is 18.6. The molecule has 69 heavy (non-hydrogen) atoms. The number of hydrogen-bond acceptors (Lipinski definition) is 1. The van der Waals surface area contributed by atoms with Crippen LogP contribution in [0.15, 0.2) is 261 Å². The van der Waals surface area contributed by atoms with Crippen molar-refractivity contribution in [2.24, 2.45) is 0 Å². The minimum Gasteiger partial charge on any atom is -0.310 e. The minimum absolute atomic E-state index is 0.0362. The van der Waals surface area contributed by atoms with Gasteiger partial charge in [0.15, 0.2) is 0 Å². The Kier molecular flexibility index (Phi) is 9.10. The fraction of sp³-hybridized carbons (Fsp3) is 0.0294. The molecule has 0 N–H and O–H groups in total. The molecule has 0 spiro atoms. The number of hydrogen-bond donors (Lipinski definition) is 0. The van der Waals surface area contributed by atoms with Gasteiger partial charge in [-0.25, -0.2) is 0 Å². The van der Waals surface area contributed by atoms with Crippen LogP contribution in [-0.4, -0.2) is 0 Å². The maximum atomic E-state index is 2.55. The molecule has 0 saturated heterocycles. The summed E-state index contributed by atoms with van der Waals surface area (Å²) in [4.78, 5) is 2.55. The van der Waals surface area contributed by atoms with Crippen LogP contribution in [0.2, 0.25) is 0 Å². The summed E-state index contributed by atoms with van der Waals surface area (Å²) in [6.07, 6.45) is 0. The molecule has 2 bridgehead atoms. The summed E-state index contributed by atoms with van der Waals surface area (Å²) in [6.45, 7) is 0. The van der Waals surface area contributed by atoms with E-state index in [0.717, 1.165) is 11.4 Å². The molecule has 3 aliphatic rings. The molecule has 0 saturated carbocycles. The van der Waals surface area contributed by atoms with E-state index in [1.165, 1.54) is 116 Å². The van der Waals surface area contributed by atoms with Crippen molar-refractivity contribution in [3.8, 4) is 44.5 Å². The molecular formula is C68H45N. The molecule has 0 aliphatic heterocycles. The van der Waals surface area contributed by atoms with Gasteiger partial charge < -0.3 is 4.90 Å². The highest BCUT2D eigenvalue weighted by Gasteiger charge is 2.44. The zero-order valence-corrected chi connectivity index (χ0v) is 37.9. The Morgan fingerprint density at radius 1 is 0.232 bits per heavy atom. The summed E-state index contributed by atoms with van der Waals surface area (Å²) >= 11 is 0. The summed E-state index contributed by atoms with van der Waals surface area (Å²) in [5, 5.41) is 7.74. The Bertz CT molecular complexity index is 3880. The van der Waals surface area contributed by atoms with Crippen molar-refractivity contribution in [3.63, 3.8) is 0 Å². The highest BCUT2D eigenvalue weighted by atomic mass is 15.1. The Morgan fingerprint density at radius 3 is 1.32 bits per heavy atom. The molecule has 15 rings (SSSR count). The second-order valence-electron chi connectivity index (χ2n) is 18.6. The van der Waals surface area contributed by atoms with Crippen LogP contribution in [0, 0.1) is 0 Å². The standard InChI is InChI=1S/C68H45N/c1-3-18-44(19-4-1)45-34-37-50(38-35-45)69(63-33-16-15-24-51(63)46-20-5-2-6-21-46)64-41-40-52(67-65-58-29-11-13-31-60(58)66(68(64)67)61-32-14-12-30-59(61)65)49-23-17-22-47(42-49)48-36-39-57-55-27-8-7-25-53(55)54-26-9-10-28-56(54)62(57)43-48/h1-43,65-66H. The van der Waals surface area contributed by atoms with Crippen LogP contribution in [0.1, 0.15) is 45.2 Å². The fourth-order valence-electron chi connectivity index (χ4n) is 12.0. The molecular weight excluding hydrogens is 831 g/mol. The summed E-state index contributed by atoms with van der Waals surface area (Å²) in [7, 11) is 0. The van der Waals surface area contributed by atoms with Gasteiger partial charge in [0.25, 0.3) is 0 Å². The Hall–Kier alpha value is -8.78. The SMILES string of the molecule is c1ccc(-c2ccc(N(c3ccccc3-c3ccccc3)c3ccc(-c4cccc(-c5ccc6c7ccccc7c7ccccc7c6c5)c4)c4c3C3c5ccccc5C4c4ccccc43)cc2)cc1. The van der Waals surface area contributed by atoms with Gasteiger partial charge in [-0.15, -0.1) is 0 Å². The zero-order valence-electron chi connectivity index (χ0n) is 37.9. The third kappa shape index (κ3) is 6.24. The maximum Gasteiger partial charge on any atom is 0.0540 e. The van der Waals surface area contributed by atoms with Gasteiger partial charge in [0.05, 0.1) is 11.4 Å². The number of nitrogens with zero attached hydrogens (tertiary/aromatic N) is 1. The van der Waals surface area contributed by atoms with Crippen LogP contribution < -0.4 is 4.90 Å². The van der Waals surface area contributed by atoms with E-state index in [4.69, 9.17) is 0 Å². The minimum atomic E-state index is 0.0362. The van der Waals surface area contributed by atoms with Crippen molar-refractivity contribution in [1.29, 1.82) is 0 Å². The van der Waals surface area contributed by atoms with Gasteiger partial charge in [-0.05, 0) is 141 Å². The van der Waals surface area contributed by atoms with Gasteiger partial charge in [-0.3, -0.25) is 0 Å². The third-order valence-electron chi connectivity index (χ3n) is 15.0. The first-order chi connectivity index (χ1) is 34.3. The molecule has 0 radical (unpaired) electrons. The first-order valence-corrected chi connectivity index (χ1v) is 24.2. The summed E-state index contributed by atoms with van der Waals surface area (Å²) in [5.41, 5.74) is 21.6. The Labute approximate surface area is 402 Å². The van der Waals surface area contributed by atoms with Crippen LogP contribution in [0.25, 0.3) is 76.8 Å². The monoisotopic (exact) mass is 875 g/mol. The van der Waals surface area contributed by atoms with Crippen LogP contribution in [0.5, 0.6) is 0 Å². The van der Waals surface area contributed by atoms with Gasteiger partial charge in [0.2, 0.25) is 0 Å². The lowest BCUT2D eigenvalue weighted by molar-refractivity contribution is 0.755. The van der Waals surface area contributed by atoms with Crippen molar-refractivity contribution in [2.45, 2.75) is 11.8 Å². The van der Waals surface area contributed by atoms with Crippen molar-refractivity contribution < 1.29 is 0 Å². The molecule has 0 atom stereocenters. The van der Waals surface area contributed by atoms with Crippen molar-refractivity contribution >= 4 is 49.4 Å². The smallest absolute Gasteiger partial charge is 0.0540 e. The van der Waals surface area contributed by atoms with Gasteiger partial charge in [-0.2, -0.15) is 0 Å². The molecule has 0 heterocycles. The quantitative estimate of drug-likeness (QED) is 0.144. The van der Waals surface area contributed by atoms with E-state index in [1.807, 2.05) is 0 Å². The lowest BCUT2D eigenvalue weighted by Gasteiger charge is -2.45. The van der Waals surface area contributed by atoms with Crippen LogP contribution in [0.3, 0.4) is 0 Å². The summed E-state index contributed by atoms with van der Waals surface area (Å²) < 4.78 is 0. The third-order valence-corrected chi connectivity index (χ3v) is 15.0. The number of rotatable bonds is 7. The lowest BCUT2D eigenvalue weighted by atomic mass is 9.59. The lowest BCUT2D eigenvalue weighted by Crippen LogP contribution is -2.30. The largest absolute Gasteiger partial charge is 0.310 e.